The molecule has 0 amide bonds. The van der Waals surface area contributed by atoms with Gasteiger partial charge in [-0.2, -0.15) is 0 Å². The van der Waals surface area contributed by atoms with E-state index in [1.165, 1.54) is 5.56 Å². The Hall–Kier alpha value is -1.64. The maximum atomic E-state index is 5.74. The van der Waals surface area contributed by atoms with Crippen LogP contribution in [-0.2, 0) is 6.42 Å². The van der Waals surface area contributed by atoms with E-state index in [1.807, 2.05) is 12.1 Å². The molecule has 0 spiro atoms. The molecule has 0 saturated heterocycles. The van der Waals surface area contributed by atoms with Crippen LogP contribution in [0.4, 0.5) is 0 Å². The monoisotopic (exact) mass is 204 g/mol. The van der Waals surface area contributed by atoms with E-state index in [0.29, 0.717) is 6.79 Å². The highest BCUT2D eigenvalue weighted by molar-refractivity contribution is 5.85. The molecule has 0 saturated carbocycles. The summed E-state index contributed by atoms with van der Waals surface area (Å²) in [5, 5.41) is 1.12. The van der Waals surface area contributed by atoms with Crippen molar-refractivity contribution in [3.8, 4) is 11.5 Å². The zero-order chi connectivity index (χ0) is 10.4. The highest BCUT2D eigenvalue weighted by atomic mass is 16.7. The van der Waals surface area contributed by atoms with Gasteiger partial charge in [-0.15, -0.1) is 0 Å². The number of aryl methyl sites for hydroxylation is 2. The molecule has 0 radical (unpaired) electrons. The number of benzene rings is 1. The first kappa shape index (κ1) is 8.65. The fourth-order valence-electron chi connectivity index (χ4n) is 2.00. The van der Waals surface area contributed by atoms with Crippen LogP contribution in [-0.4, -0.2) is 6.79 Å². The van der Waals surface area contributed by atoms with Crippen molar-refractivity contribution in [2.45, 2.75) is 20.3 Å². The van der Waals surface area contributed by atoms with Crippen molar-refractivity contribution in [3.63, 3.8) is 0 Å². The van der Waals surface area contributed by atoms with Gasteiger partial charge in [0, 0.05) is 17.9 Å². The van der Waals surface area contributed by atoms with Crippen molar-refractivity contribution in [2.75, 3.05) is 6.79 Å². The topological polar surface area (TPSA) is 31.6 Å². The Morgan fingerprint density at radius 3 is 2.67 bits per heavy atom. The van der Waals surface area contributed by atoms with Crippen molar-refractivity contribution in [1.29, 1.82) is 0 Å². The van der Waals surface area contributed by atoms with Crippen molar-refractivity contribution in [3.05, 3.63) is 23.5 Å². The predicted molar refractivity (Wildman–Crippen MR) is 56.5 cm³/mol. The molecule has 0 atom stereocenters. The van der Waals surface area contributed by atoms with Crippen LogP contribution >= 0.6 is 0 Å². The predicted octanol–water partition coefficient (Wildman–Crippen LogP) is 3.03. The molecular formula is C12H12O3. The van der Waals surface area contributed by atoms with Gasteiger partial charge in [0.05, 0.1) is 0 Å². The van der Waals surface area contributed by atoms with Crippen LogP contribution in [0, 0.1) is 6.92 Å². The maximum absolute atomic E-state index is 5.74. The third kappa shape index (κ3) is 1.12. The Labute approximate surface area is 87.6 Å². The summed E-state index contributed by atoms with van der Waals surface area (Å²) < 4.78 is 16.4. The second-order valence-electron chi connectivity index (χ2n) is 3.71. The lowest BCUT2D eigenvalue weighted by Crippen LogP contribution is -1.92. The first-order chi connectivity index (χ1) is 7.29. The second kappa shape index (κ2) is 2.92. The van der Waals surface area contributed by atoms with Crippen LogP contribution in [0.3, 0.4) is 0 Å². The Kier molecular flexibility index (Phi) is 1.69. The summed E-state index contributed by atoms with van der Waals surface area (Å²) in [7, 11) is 0. The summed E-state index contributed by atoms with van der Waals surface area (Å²) in [5.74, 6) is 2.63. The van der Waals surface area contributed by atoms with Gasteiger partial charge in [-0.1, -0.05) is 6.92 Å². The molecule has 1 aliphatic rings. The third-order valence-electron chi connectivity index (χ3n) is 2.85. The van der Waals surface area contributed by atoms with Crippen LogP contribution in [0.15, 0.2) is 16.5 Å². The number of fused-ring (bicyclic) bond motifs is 2. The van der Waals surface area contributed by atoms with E-state index < -0.39 is 0 Å². The minimum Gasteiger partial charge on any atom is -0.461 e. The zero-order valence-electron chi connectivity index (χ0n) is 8.79. The van der Waals surface area contributed by atoms with Gasteiger partial charge in [-0.3, -0.25) is 0 Å². The first-order valence-corrected chi connectivity index (χ1v) is 5.11. The quantitative estimate of drug-likeness (QED) is 0.715. The SMILES string of the molecule is CCc1oc2cc3c(cc2c1C)OCO3. The molecule has 3 nitrogen and oxygen atoms in total. The molecule has 3 rings (SSSR count). The lowest BCUT2D eigenvalue weighted by Gasteiger charge is -1.95. The molecule has 1 aliphatic heterocycles. The molecule has 3 heteroatoms. The lowest BCUT2D eigenvalue weighted by atomic mass is 10.1. The van der Waals surface area contributed by atoms with Gasteiger partial charge < -0.3 is 13.9 Å². The van der Waals surface area contributed by atoms with Gasteiger partial charge >= 0.3 is 0 Å². The first-order valence-electron chi connectivity index (χ1n) is 5.11. The highest BCUT2D eigenvalue weighted by Gasteiger charge is 2.18. The average molecular weight is 204 g/mol. The molecule has 2 aromatic rings. The molecular weight excluding hydrogens is 192 g/mol. The Balaban J connectivity index is 2.31. The smallest absolute Gasteiger partial charge is 0.231 e. The van der Waals surface area contributed by atoms with Gasteiger partial charge in [-0.05, 0) is 18.6 Å². The fourth-order valence-corrected chi connectivity index (χ4v) is 2.00. The summed E-state index contributed by atoms with van der Waals surface area (Å²) >= 11 is 0. The lowest BCUT2D eigenvalue weighted by molar-refractivity contribution is 0.174. The van der Waals surface area contributed by atoms with Crippen molar-refractivity contribution in [2.24, 2.45) is 0 Å². The summed E-state index contributed by atoms with van der Waals surface area (Å²) in [6.45, 7) is 4.47. The maximum Gasteiger partial charge on any atom is 0.231 e. The largest absolute Gasteiger partial charge is 0.461 e. The van der Waals surface area contributed by atoms with Crippen LogP contribution in [0.5, 0.6) is 11.5 Å². The molecule has 0 unspecified atom stereocenters. The van der Waals surface area contributed by atoms with Gasteiger partial charge in [0.2, 0.25) is 6.79 Å². The van der Waals surface area contributed by atoms with Crippen LogP contribution in [0.2, 0.25) is 0 Å². The molecule has 0 aliphatic carbocycles. The number of hydrogen-bond acceptors (Lipinski definition) is 3. The molecule has 2 heterocycles. The number of ether oxygens (including phenoxy) is 2. The zero-order valence-corrected chi connectivity index (χ0v) is 8.79. The number of hydrogen-bond donors (Lipinski definition) is 0. The molecule has 1 aromatic heterocycles. The molecule has 78 valence electrons. The van der Waals surface area contributed by atoms with Crippen molar-refractivity contribution < 1.29 is 13.9 Å². The standard InChI is InChI=1S/C12H12O3/c1-3-9-7(2)8-4-11-12(14-6-13-11)5-10(8)15-9/h4-5H,3,6H2,1-2H3. The van der Waals surface area contributed by atoms with Gasteiger partial charge in [-0.25, -0.2) is 0 Å². The Morgan fingerprint density at radius 2 is 1.93 bits per heavy atom. The van der Waals surface area contributed by atoms with Gasteiger partial charge in [0.1, 0.15) is 11.3 Å². The van der Waals surface area contributed by atoms with E-state index in [1.54, 1.807) is 0 Å². The minimum atomic E-state index is 0.307. The third-order valence-corrected chi connectivity index (χ3v) is 2.85. The summed E-state index contributed by atoms with van der Waals surface area (Å²) in [4.78, 5) is 0. The molecule has 0 N–H and O–H groups in total. The molecule has 0 bridgehead atoms. The minimum absolute atomic E-state index is 0.307. The fraction of sp³-hybridized carbons (Fsp3) is 0.333. The number of rotatable bonds is 1. The molecule has 0 fully saturated rings. The van der Waals surface area contributed by atoms with Crippen LogP contribution < -0.4 is 9.47 Å². The second-order valence-corrected chi connectivity index (χ2v) is 3.71. The van der Waals surface area contributed by atoms with E-state index in [9.17, 15) is 0 Å². The van der Waals surface area contributed by atoms with Crippen LogP contribution in [0.25, 0.3) is 11.0 Å². The molecule has 1 aromatic carbocycles. The van der Waals surface area contributed by atoms with Crippen molar-refractivity contribution in [1.82, 2.24) is 0 Å². The Morgan fingerprint density at radius 1 is 1.20 bits per heavy atom. The van der Waals surface area contributed by atoms with Gasteiger partial charge in [0.25, 0.3) is 0 Å². The highest BCUT2D eigenvalue weighted by Crippen LogP contribution is 2.38. The summed E-state index contributed by atoms with van der Waals surface area (Å²) in [6.07, 6.45) is 0.910. The summed E-state index contributed by atoms with van der Waals surface area (Å²) in [5.41, 5.74) is 2.08. The number of furan rings is 1. The molecule has 15 heavy (non-hydrogen) atoms. The van der Waals surface area contributed by atoms with E-state index >= 15 is 0 Å². The van der Waals surface area contributed by atoms with E-state index in [4.69, 9.17) is 13.9 Å². The van der Waals surface area contributed by atoms with E-state index in [0.717, 1.165) is 34.6 Å². The van der Waals surface area contributed by atoms with E-state index in [-0.39, 0.29) is 0 Å². The van der Waals surface area contributed by atoms with E-state index in [2.05, 4.69) is 13.8 Å². The van der Waals surface area contributed by atoms with Gasteiger partial charge in [0.15, 0.2) is 11.5 Å². The normalized spacial score (nSPS) is 13.7. The Bertz CT molecular complexity index is 525. The average Bonchev–Trinajstić information content (AvgIpc) is 2.80. The summed E-state index contributed by atoms with van der Waals surface area (Å²) in [6, 6.07) is 3.90. The van der Waals surface area contributed by atoms with Crippen molar-refractivity contribution >= 4 is 11.0 Å². The van der Waals surface area contributed by atoms with Crippen LogP contribution in [0.1, 0.15) is 18.2 Å².